The number of H-pyrrole nitrogens is 1. The lowest BCUT2D eigenvalue weighted by Gasteiger charge is -2.10. The van der Waals surface area contributed by atoms with Crippen LogP contribution in [0.25, 0.3) is 0 Å². The van der Waals surface area contributed by atoms with Crippen LogP contribution in [0.3, 0.4) is 0 Å². The number of nitrogens with one attached hydrogen (secondary N) is 1. The molecular formula is C11H10ClFN2O2S. The van der Waals surface area contributed by atoms with E-state index < -0.39 is 20.7 Å². The van der Waals surface area contributed by atoms with Gasteiger partial charge in [-0.3, -0.25) is 5.10 Å². The average molecular weight is 289 g/mol. The second kappa shape index (κ2) is 4.37. The zero-order valence-corrected chi connectivity index (χ0v) is 11.2. The van der Waals surface area contributed by atoms with Gasteiger partial charge in [0.25, 0.3) is 0 Å². The lowest BCUT2D eigenvalue weighted by molar-refractivity contribution is 0.561. The van der Waals surface area contributed by atoms with E-state index in [-0.39, 0.29) is 4.90 Å². The Kier molecular flexibility index (Phi) is 3.16. The van der Waals surface area contributed by atoms with E-state index in [1.54, 1.807) is 26.0 Å². The standard InChI is InChI=1S/C11H10ClFN2O2S/c1-6-3-4-8(12)7(2)10(6)18(16,17)11-9(13)5-14-15-11/h3-5H,1-2H3,(H,14,15). The second-order valence-corrected chi connectivity index (χ2v) is 6.10. The number of hydrogen-bond donors (Lipinski definition) is 1. The summed E-state index contributed by atoms with van der Waals surface area (Å²) >= 11 is 5.91. The van der Waals surface area contributed by atoms with Crippen LogP contribution in [0, 0.1) is 19.7 Å². The van der Waals surface area contributed by atoms with Crippen molar-refractivity contribution in [1.29, 1.82) is 0 Å². The highest BCUT2D eigenvalue weighted by Gasteiger charge is 2.28. The molecule has 0 aliphatic carbocycles. The Labute approximate surface area is 109 Å². The monoisotopic (exact) mass is 288 g/mol. The Morgan fingerprint density at radius 3 is 2.56 bits per heavy atom. The minimum Gasteiger partial charge on any atom is -0.264 e. The van der Waals surface area contributed by atoms with Crippen molar-refractivity contribution >= 4 is 21.4 Å². The molecule has 0 saturated carbocycles. The minimum absolute atomic E-state index is 0.0122. The van der Waals surface area contributed by atoms with Crippen molar-refractivity contribution in [3.8, 4) is 0 Å². The molecule has 0 fully saturated rings. The first kappa shape index (κ1) is 13.0. The molecule has 0 spiro atoms. The van der Waals surface area contributed by atoms with Crippen LogP contribution in [0.15, 0.2) is 28.3 Å². The van der Waals surface area contributed by atoms with Crippen LogP contribution >= 0.6 is 11.6 Å². The zero-order chi connectivity index (χ0) is 13.5. The van der Waals surface area contributed by atoms with Gasteiger partial charge >= 0.3 is 0 Å². The quantitative estimate of drug-likeness (QED) is 0.924. The number of aromatic nitrogens is 2. The summed E-state index contributed by atoms with van der Waals surface area (Å²) in [6.07, 6.45) is 0.822. The molecule has 1 aromatic carbocycles. The average Bonchev–Trinajstić information content (AvgIpc) is 2.71. The van der Waals surface area contributed by atoms with Gasteiger partial charge in [-0.05, 0) is 31.0 Å². The predicted molar refractivity (Wildman–Crippen MR) is 64.9 cm³/mol. The third kappa shape index (κ3) is 1.91. The molecule has 2 rings (SSSR count). The summed E-state index contributed by atoms with van der Waals surface area (Å²) in [5.74, 6) is -0.909. The van der Waals surface area contributed by atoms with E-state index in [0.717, 1.165) is 6.20 Å². The Bertz CT molecular complexity index is 710. The van der Waals surface area contributed by atoms with E-state index in [9.17, 15) is 12.8 Å². The van der Waals surface area contributed by atoms with Gasteiger partial charge in [0, 0.05) is 5.02 Å². The summed E-state index contributed by atoms with van der Waals surface area (Å²) in [4.78, 5) is 0.0122. The molecule has 0 atom stereocenters. The third-order valence-corrected chi connectivity index (χ3v) is 5.03. The summed E-state index contributed by atoms with van der Waals surface area (Å²) in [7, 11) is -3.99. The third-order valence-electron chi connectivity index (χ3n) is 2.64. The normalized spacial score (nSPS) is 11.8. The van der Waals surface area contributed by atoms with Crippen LogP contribution < -0.4 is 0 Å². The van der Waals surface area contributed by atoms with Crippen LogP contribution in [0.5, 0.6) is 0 Å². The Morgan fingerprint density at radius 1 is 1.33 bits per heavy atom. The molecule has 96 valence electrons. The lowest BCUT2D eigenvalue weighted by Crippen LogP contribution is -2.09. The molecular weight excluding hydrogens is 279 g/mol. The van der Waals surface area contributed by atoms with Gasteiger partial charge < -0.3 is 0 Å². The molecule has 2 aromatic rings. The van der Waals surface area contributed by atoms with E-state index in [4.69, 9.17) is 11.6 Å². The number of rotatable bonds is 2. The topological polar surface area (TPSA) is 62.8 Å². The van der Waals surface area contributed by atoms with Gasteiger partial charge in [-0.2, -0.15) is 5.10 Å². The fourth-order valence-electron chi connectivity index (χ4n) is 1.77. The SMILES string of the molecule is Cc1ccc(Cl)c(C)c1S(=O)(=O)c1[nH]ncc1F. The van der Waals surface area contributed by atoms with E-state index in [0.29, 0.717) is 16.1 Å². The molecule has 0 aliphatic heterocycles. The van der Waals surface area contributed by atoms with Crippen LogP contribution in [0.4, 0.5) is 4.39 Å². The molecule has 0 bridgehead atoms. The molecule has 18 heavy (non-hydrogen) atoms. The van der Waals surface area contributed by atoms with E-state index in [2.05, 4.69) is 10.2 Å². The van der Waals surface area contributed by atoms with Crippen molar-refractivity contribution < 1.29 is 12.8 Å². The van der Waals surface area contributed by atoms with Crippen molar-refractivity contribution in [3.63, 3.8) is 0 Å². The molecule has 0 aliphatic rings. The number of halogens is 2. The van der Waals surface area contributed by atoms with Gasteiger partial charge in [0.15, 0.2) is 10.8 Å². The smallest absolute Gasteiger partial charge is 0.226 e. The zero-order valence-electron chi connectivity index (χ0n) is 9.66. The summed E-state index contributed by atoms with van der Waals surface area (Å²) in [6, 6.07) is 3.19. The van der Waals surface area contributed by atoms with Crippen LogP contribution in [0.2, 0.25) is 5.02 Å². The molecule has 0 unspecified atom stereocenters. The van der Waals surface area contributed by atoms with Gasteiger partial charge in [-0.1, -0.05) is 17.7 Å². The van der Waals surface area contributed by atoms with Gasteiger partial charge in [-0.25, -0.2) is 12.8 Å². The largest absolute Gasteiger partial charge is 0.264 e. The van der Waals surface area contributed by atoms with Gasteiger partial charge in [0.2, 0.25) is 9.84 Å². The molecule has 0 radical (unpaired) electrons. The summed E-state index contributed by atoms with van der Waals surface area (Å²) in [5, 5.41) is 5.32. The number of nitrogens with zero attached hydrogens (tertiary/aromatic N) is 1. The maximum atomic E-state index is 13.4. The fraction of sp³-hybridized carbons (Fsp3) is 0.182. The first-order chi connectivity index (χ1) is 8.35. The molecule has 4 nitrogen and oxygen atoms in total. The summed E-state index contributed by atoms with van der Waals surface area (Å²) < 4.78 is 38.1. The highest BCUT2D eigenvalue weighted by atomic mass is 35.5. The molecule has 1 aromatic heterocycles. The van der Waals surface area contributed by atoms with Gasteiger partial charge in [-0.15, -0.1) is 0 Å². The number of hydrogen-bond acceptors (Lipinski definition) is 3. The highest BCUT2D eigenvalue weighted by Crippen LogP contribution is 2.31. The van der Waals surface area contributed by atoms with Gasteiger partial charge in [0.05, 0.1) is 11.1 Å². The Hall–Kier alpha value is -1.40. The van der Waals surface area contributed by atoms with Crippen LogP contribution in [0.1, 0.15) is 11.1 Å². The van der Waals surface area contributed by atoms with Gasteiger partial charge in [0.1, 0.15) is 0 Å². The molecule has 7 heteroatoms. The number of aromatic amines is 1. The van der Waals surface area contributed by atoms with Crippen molar-refractivity contribution in [1.82, 2.24) is 10.2 Å². The summed E-state index contributed by atoms with van der Waals surface area (Å²) in [5.41, 5.74) is 0.900. The van der Waals surface area contributed by atoms with E-state index >= 15 is 0 Å². The lowest BCUT2D eigenvalue weighted by atomic mass is 10.1. The first-order valence-corrected chi connectivity index (χ1v) is 6.91. The minimum atomic E-state index is -3.99. The summed E-state index contributed by atoms with van der Waals surface area (Å²) in [6.45, 7) is 3.21. The highest BCUT2D eigenvalue weighted by molar-refractivity contribution is 7.91. The number of aryl methyl sites for hydroxylation is 1. The molecule has 1 N–H and O–H groups in total. The van der Waals surface area contributed by atoms with Crippen molar-refractivity contribution in [3.05, 3.63) is 40.3 Å². The van der Waals surface area contributed by atoms with Crippen LogP contribution in [-0.2, 0) is 9.84 Å². The first-order valence-electron chi connectivity index (χ1n) is 5.05. The number of benzene rings is 1. The Balaban J connectivity index is 2.78. The van der Waals surface area contributed by atoms with E-state index in [1.165, 1.54) is 0 Å². The maximum absolute atomic E-state index is 13.4. The molecule has 0 saturated heterocycles. The second-order valence-electron chi connectivity index (χ2n) is 3.87. The van der Waals surface area contributed by atoms with Crippen molar-refractivity contribution in [2.75, 3.05) is 0 Å². The Morgan fingerprint density at radius 2 is 2.00 bits per heavy atom. The maximum Gasteiger partial charge on any atom is 0.226 e. The van der Waals surface area contributed by atoms with E-state index in [1.807, 2.05) is 0 Å². The number of sulfone groups is 1. The van der Waals surface area contributed by atoms with Crippen molar-refractivity contribution in [2.45, 2.75) is 23.8 Å². The molecule has 1 heterocycles. The predicted octanol–water partition coefficient (Wildman–Crippen LogP) is 2.65. The molecule has 0 amide bonds. The van der Waals surface area contributed by atoms with Crippen LogP contribution in [-0.4, -0.2) is 18.6 Å². The van der Waals surface area contributed by atoms with Crippen molar-refractivity contribution in [2.24, 2.45) is 0 Å². The fourth-order valence-corrected chi connectivity index (χ4v) is 3.67.